The van der Waals surface area contributed by atoms with E-state index in [0.29, 0.717) is 38.3 Å². The molecule has 7 nitrogen and oxygen atoms in total. The van der Waals surface area contributed by atoms with Crippen molar-refractivity contribution in [3.63, 3.8) is 0 Å². The largest absolute Gasteiger partial charge is 0.448 e. The van der Waals surface area contributed by atoms with Crippen LogP contribution >= 0.6 is 11.3 Å². The van der Waals surface area contributed by atoms with Crippen LogP contribution in [0.4, 0.5) is 0 Å². The summed E-state index contributed by atoms with van der Waals surface area (Å²) in [4.78, 5) is 45.0. The lowest BCUT2D eigenvalue weighted by Crippen LogP contribution is -2.47. The average Bonchev–Trinajstić information content (AvgIpc) is 2.95. The minimum Gasteiger partial charge on any atom is -0.448 e. The number of nitrogens with zero attached hydrogens (tertiary/aromatic N) is 1. The van der Waals surface area contributed by atoms with Gasteiger partial charge in [-0.05, 0) is 44.6 Å². The number of carbonyl (C=O) groups is 2. The molecule has 0 saturated heterocycles. The fourth-order valence-corrected chi connectivity index (χ4v) is 4.91. The number of aromatic nitrogens is 2. The van der Waals surface area contributed by atoms with Gasteiger partial charge in [0.1, 0.15) is 15.5 Å². The van der Waals surface area contributed by atoms with E-state index in [1.807, 2.05) is 0 Å². The van der Waals surface area contributed by atoms with Crippen LogP contribution in [0.15, 0.2) is 4.79 Å². The molecule has 0 aromatic carbocycles. The molecule has 1 saturated carbocycles. The first-order valence-electron chi connectivity index (χ1n) is 9.70. The average molecular weight is 406 g/mol. The van der Waals surface area contributed by atoms with Gasteiger partial charge in [0.25, 0.3) is 11.5 Å². The van der Waals surface area contributed by atoms with Gasteiger partial charge in [0, 0.05) is 6.04 Å². The number of ether oxygens (including phenoxy) is 1. The van der Waals surface area contributed by atoms with Crippen molar-refractivity contribution in [3.8, 4) is 0 Å². The quantitative estimate of drug-likeness (QED) is 0.761. The van der Waals surface area contributed by atoms with Crippen molar-refractivity contribution in [2.45, 2.75) is 66.0 Å². The van der Waals surface area contributed by atoms with Gasteiger partial charge in [0.15, 0.2) is 6.10 Å². The number of amides is 1. The zero-order valence-electron chi connectivity index (χ0n) is 16.9. The molecule has 2 N–H and O–H groups in total. The van der Waals surface area contributed by atoms with Crippen molar-refractivity contribution < 1.29 is 14.3 Å². The normalized spacial score (nSPS) is 23.4. The molecule has 152 valence electrons. The molecule has 4 atom stereocenters. The van der Waals surface area contributed by atoms with E-state index in [9.17, 15) is 14.4 Å². The molecule has 0 radical (unpaired) electrons. The monoisotopic (exact) mass is 405 g/mol. The summed E-state index contributed by atoms with van der Waals surface area (Å²) in [6.07, 6.45) is 2.30. The topological polar surface area (TPSA) is 101 Å². The van der Waals surface area contributed by atoms with Crippen LogP contribution < -0.4 is 10.9 Å². The number of aryl methyl sites for hydroxylation is 2. The highest BCUT2D eigenvalue weighted by molar-refractivity contribution is 7.20. The van der Waals surface area contributed by atoms with E-state index in [4.69, 9.17) is 4.74 Å². The van der Waals surface area contributed by atoms with Gasteiger partial charge >= 0.3 is 5.97 Å². The van der Waals surface area contributed by atoms with Crippen LogP contribution in [0.3, 0.4) is 0 Å². The SMILES string of the molecule is Cc1nc2sc(C(=O)O[C@H](C)C(=O)N[C@H]3CCC[C@H](C)[C@H]3C)c(C)c2c(=O)[nH]1. The van der Waals surface area contributed by atoms with Gasteiger partial charge in [-0.15, -0.1) is 11.3 Å². The molecule has 1 fully saturated rings. The van der Waals surface area contributed by atoms with Crippen LogP contribution in [0, 0.1) is 25.7 Å². The van der Waals surface area contributed by atoms with Gasteiger partial charge in [-0.3, -0.25) is 9.59 Å². The van der Waals surface area contributed by atoms with E-state index in [-0.39, 0.29) is 17.5 Å². The number of nitrogens with one attached hydrogen (secondary N) is 2. The molecule has 28 heavy (non-hydrogen) atoms. The number of hydrogen-bond acceptors (Lipinski definition) is 6. The van der Waals surface area contributed by atoms with Gasteiger partial charge in [-0.1, -0.05) is 26.7 Å². The van der Waals surface area contributed by atoms with E-state index in [1.54, 1.807) is 20.8 Å². The summed E-state index contributed by atoms with van der Waals surface area (Å²) in [7, 11) is 0. The molecule has 8 heteroatoms. The van der Waals surface area contributed by atoms with Crippen molar-refractivity contribution in [1.82, 2.24) is 15.3 Å². The number of fused-ring (bicyclic) bond motifs is 1. The highest BCUT2D eigenvalue weighted by Crippen LogP contribution is 2.30. The molecule has 1 aliphatic rings. The van der Waals surface area contributed by atoms with Gasteiger partial charge in [0.05, 0.1) is 5.39 Å². The third kappa shape index (κ3) is 3.97. The lowest BCUT2D eigenvalue weighted by Gasteiger charge is -2.35. The lowest BCUT2D eigenvalue weighted by atomic mass is 9.78. The Kier molecular flexibility index (Phi) is 5.88. The molecule has 3 rings (SSSR count). The van der Waals surface area contributed by atoms with E-state index in [1.165, 1.54) is 6.42 Å². The zero-order chi connectivity index (χ0) is 20.6. The molecular formula is C20H27N3O4S. The maximum atomic E-state index is 12.6. The molecule has 0 unspecified atom stereocenters. The fraction of sp³-hybridized carbons (Fsp3) is 0.600. The predicted molar refractivity (Wildman–Crippen MR) is 109 cm³/mol. The summed E-state index contributed by atoms with van der Waals surface area (Å²) in [5.41, 5.74) is 0.252. The van der Waals surface area contributed by atoms with Gasteiger partial charge in [-0.2, -0.15) is 0 Å². The highest BCUT2D eigenvalue weighted by Gasteiger charge is 2.30. The maximum Gasteiger partial charge on any atom is 0.349 e. The fourth-order valence-electron chi connectivity index (χ4n) is 3.80. The molecule has 0 spiro atoms. The number of aromatic amines is 1. The molecule has 0 aliphatic heterocycles. The summed E-state index contributed by atoms with van der Waals surface area (Å²) >= 11 is 1.11. The van der Waals surface area contributed by atoms with Crippen molar-refractivity contribution >= 4 is 33.4 Å². The van der Waals surface area contributed by atoms with Crippen LogP contribution in [0.2, 0.25) is 0 Å². The molecule has 2 aromatic rings. The Balaban J connectivity index is 1.71. The number of rotatable bonds is 4. The molecule has 1 amide bonds. The highest BCUT2D eigenvalue weighted by atomic mass is 32.1. The number of carbonyl (C=O) groups excluding carboxylic acids is 2. The second-order valence-corrected chi connectivity index (χ2v) is 8.82. The zero-order valence-corrected chi connectivity index (χ0v) is 17.7. The standard InChI is InChI=1S/C20H27N3O4S/c1-9-7-6-8-14(10(9)2)23-17(24)12(4)27-20(26)16-11(3)15-18(25)21-13(5)22-19(15)28-16/h9-10,12,14H,6-8H2,1-5H3,(H,23,24)(H,21,22,25)/t9-,10+,12+,14-/m0/s1. The first kappa shape index (κ1) is 20.5. The molecule has 2 heterocycles. The Morgan fingerprint density at radius 1 is 1.29 bits per heavy atom. The van der Waals surface area contributed by atoms with E-state index < -0.39 is 12.1 Å². The van der Waals surface area contributed by atoms with Crippen molar-refractivity contribution in [1.29, 1.82) is 0 Å². The van der Waals surface area contributed by atoms with Crippen LogP contribution in [0.25, 0.3) is 10.2 Å². The Labute approximate surface area is 167 Å². The van der Waals surface area contributed by atoms with Crippen molar-refractivity contribution in [3.05, 3.63) is 26.6 Å². The maximum absolute atomic E-state index is 12.6. The van der Waals surface area contributed by atoms with Crippen molar-refractivity contribution in [2.75, 3.05) is 0 Å². The van der Waals surface area contributed by atoms with E-state index >= 15 is 0 Å². The van der Waals surface area contributed by atoms with Gasteiger partial charge < -0.3 is 15.0 Å². The third-order valence-corrected chi connectivity index (χ3v) is 6.96. The number of thiophene rings is 1. The van der Waals surface area contributed by atoms with Crippen LogP contribution in [-0.4, -0.2) is 34.0 Å². The molecular weight excluding hydrogens is 378 g/mol. The minimum atomic E-state index is -0.908. The molecule has 0 bridgehead atoms. The first-order valence-corrected chi connectivity index (χ1v) is 10.5. The molecule has 1 aliphatic carbocycles. The number of esters is 1. The second-order valence-electron chi connectivity index (χ2n) is 7.82. The molecule has 2 aromatic heterocycles. The Bertz CT molecular complexity index is 964. The Morgan fingerprint density at radius 3 is 2.71 bits per heavy atom. The summed E-state index contributed by atoms with van der Waals surface area (Å²) < 4.78 is 5.40. The first-order chi connectivity index (χ1) is 13.2. The lowest BCUT2D eigenvalue weighted by molar-refractivity contribution is -0.130. The van der Waals surface area contributed by atoms with Crippen LogP contribution in [0.1, 0.15) is 61.1 Å². The third-order valence-electron chi connectivity index (χ3n) is 5.79. The van der Waals surface area contributed by atoms with E-state index in [2.05, 4.69) is 29.1 Å². The van der Waals surface area contributed by atoms with Gasteiger partial charge in [0.2, 0.25) is 0 Å². The summed E-state index contributed by atoms with van der Waals surface area (Å²) in [6, 6.07) is 0.106. The van der Waals surface area contributed by atoms with Crippen molar-refractivity contribution in [2.24, 2.45) is 11.8 Å². The van der Waals surface area contributed by atoms with E-state index in [0.717, 1.165) is 24.2 Å². The summed E-state index contributed by atoms with van der Waals surface area (Å²) in [5.74, 6) is 0.552. The number of H-pyrrole nitrogens is 1. The smallest absolute Gasteiger partial charge is 0.349 e. The summed E-state index contributed by atoms with van der Waals surface area (Å²) in [6.45, 7) is 9.31. The number of hydrogen-bond donors (Lipinski definition) is 2. The van der Waals surface area contributed by atoms with Crippen LogP contribution in [-0.2, 0) is 9.53 Å². The van der Waals surface area contributed by atoms with Crippen LogP contribution in [0.5, 0.6) is 0 Å². The second kappa shape index (κ2) is 8.03. The minimum absolute atomic E-state index is 0.106. The summed E-state index contributed by atoms with van der Waals surface area (Å²) in [5, 5.41) is 3.43. The van der Waals surface area contributed by atoms with Gasteiger partial charge in [-0.25, -0.2) is 9.78 Å². The Morgan fingerprint density at radius 2 is 2.00 bits per heavy atom. The predicted octanol–water partition coefficient (Wildman–Crippen LogP) is 3.09. The Hall–Kier alpha value is -2.22.